The van der Waals surface area contributed by atoms with Crippen LogP contribution in [0.3, 0.4) is 0 Å². The fraction of sp³-hybridized carbons (Fsp3) is 0.571. The second-order valence-electron chi connectivity index (χ2n) is 4.64. The van der Waals surface area contributed by atoms with Crippen molar-refractivity contribution < 1.29 is 13.5 Å². The molecule has 1 rings (SSSR count). The molecular formula is C14H20BrF2NO. The average Bonchev–Trinajstić information content (AvgIpc) is 2.42. The summed E-state index contributed by atoms with van der Waals surface area (Å²) < 4.78 is 33.0. The molecule has 0 aliphatic heterocycles. The molecular weight excluding hydrogens is 316 g/mol. The highest BCUT2D eigenvalue weighted by Gasteiger charge is 2.17. The molecule has 2 atom stereocenters. The van der Waals surface area contributed by atoms with Crippen molar-refractivity contribution in [1.29, 1.82) is 0 Å². The van der Waals surface area contributed by atoms with Gasteiger partial charge in [-0.1, -0.05) is 0 Å². The summed E-state index contributed by atoms with van der Waals surface area (Å²) >= 11 is 3.08. The Labute approximate surface area is 121 Å². The van der Waals surface area contributed by atoms with Crippen molar-refractivity contribution in [3.63, 3.8) is 0 Å². The van der Waals surface area contributed by atoms with Crippen LogP contribution in [0.4, 0.5) is 8.78 Å². The number of likely N-dealkylation sites (N-methyl/N-ethyl adjacent to an activating group) is 1. The Balaban J connectivity index is 2.73. The number of benzene rings is 1. The van der Waals surface area contributed by atoms with Crippen LogP contribution in [0, 0.1) is 11.6 Å². The summed E-state index contributed by atoms with van der Waals surface area (Å²) in [6, 6.07) is 2.69. The Morgan fingerprint density at radius 3 is 2.58 bits per heavy atom. The van der Waals surface area contributed by atoms with Crippen molar-refractivity contribution in [3.8, 4) is 0 Å². The number of halogens is 3. The molecule has 1 aromatic carbocycles. The molecule has 0 aromatic heterocycles. The molecule has 0 spiro atoms. The molecule has 0 bridgehead atoms. The van der Waals surface area contributed by atoms with Crippen LogP contribution < -0.4 is 5.32 Å². The lowest BCUT2D eigenvalue weighted by atomic mass is 9.99. The Morgan fingerprint density at radius 1 is 1.32 bits per heavy atom. The average molecular weight is 336 g/mol. The number of rotatable bonds is 7. The van der Waals surface area contributed by atoms with E-state index in [2.05, 4.69) is 21.2 Å². The largest absolute Gasteiger partial charge is 0.382 e. The molecule has 0 saturated carbocycles. The molecule has 0 fully saturated rings. The third kappa shape index (κ3) is 4.82. The van der Waals surface area contributed by atoms with Gasteiger partial charge in [-0.3, -0.25) is 0 Å². The minimum atomic E-state index is -0.514. The predicted octanol–water partition coefficient (Wildman–Crippen LogP) is 3.67. The summed E-state index contributed by atoms with van der Waals surface area (Å²) in [6.45, 7) is 1.98. The summed E-state index contributed by atoms with van der Waals surface area (Å²) in [5.74, 6) is -1.01. The minimum absolute atomic E-state index is 0.0240. The van der Waals surface area contributed by atoms with Crippen LogP contribution in [-0.4, -0.2) is 26.3 Å². The van der Waals surface area contributed by atoms with Crippen LogP contribution in [0.15, 0.2) is 16.6 Å². The number of ether oxygens (including phenoxy) is 1. The van der Waals surface area contributed by atoms with Crippen molar-refractivity contribution in [2.75, 3.05) is 14.2 Å². The predicted molar refractivity (Wildman–Crippen MR) is 76.3 cm³/mol. The number of hydrogen-bond donors (Lipinski definition) is 1. The molecule has 0 amide bonds. The SMILES string of the molecule is CNC(CCC(C)OC)Cc1c(F)ccc(Br)c1F. The molecule has 0 saturated heterocycles. The standard InChI is InChI=1S/C14H20BrF2NO/c1-9(19-3)4-5-10(18-2)8-11-13(16)7-6-12(15)14(11)17/h6-7,9-10,18H,4-5,8H2,1-3H3. The van der Waals surface area contributed by atoms with Crippen molar-refractivity contribution in [2.45, 2.75) is 38.3 Å². The summed E-state index contributed by atoms with van der Waals surface area (Å²) in [5.41, 5.74) is 0.124. The Morgan fingerprint density at radius 2 is 2.00 bits per heavy atom. The third-order valence-corrected chi connectivity index (χ3v) is 3.93. The molecule has 19 heavy (non-hydrogen) atoms. The van der Waals surface area contributed by atoms with Gasteiger partial charge in [0.15, 0.2) is 0 Å². The van der Waals surface area contributed by atoms with Crippen LogP contribution in [0.25, 0.3) is 0 Å². The van der Waals surface area contributed by atoms with Crippen LogP contribution in [0.1, 0.15) is 25.3 Å². The van der Waals surface area contributed by atoms with E-state index in [0.29, 0.717) is 10.9 Å². The first-order chi connectivity index (χ1) is 8.99. The van der Waals surface area contributed by atoms with E-state index in [1.807, 2.05) is 6.92 Å². The van der Waals surface area contributed by atoms with E-state index in [1.54, 1.807) is 14.2 Å². The maximum atomic E-state index is 13.9. The van der Waals surface area contributed by atoms with Gasteiger partial charge in [-0.2, -0.15) is 0 Å². The third-order valence-electron chi connectivity index (χ3n) is 3.32. The normalized spacial score (nSPS) is 14.4. The second kappa shape index (κ2) is 7.92. The highest BCUT2D eigenvalue weighted by atomic mass is 79.9. The second-order valence-corrected chi connectivity index (χ2v) is 5.49. The molecule has 5 heteroatoms. The first-order valence-corrected chi connectivity index (χ1v) is 7.11. The number of nitrogens with one attached hydrogen (secondary N) is 1. The fourth-order valence-electron chi connectivity index (χ4n) is 1.90. The van der Waals surface area contributed by atoms with Crippen molar-refractivity contribution in [2.24, 2.45) is 0 Å². The molecule has 108 valence electrons. The Kier molecular flexibility index (Phi) is 6.89. The first-order valence-electron chi connectivity index (χ1n) is 6.32. The van der Waals surface area contributed by atoms with Gasteiger partial charge in [-0.25, -0.2) is 8.78 Å². The number of methoxy groups -OCH3 is 1. The van der Waals surface area contributed by atoms with Crippen LogP contribution >= 0.6 is 15.9 Å². The van der Waals surface area contributed by atoms with E-state index in [4.69, 9.17) is 4.74 Å². The topological polar surface area (TPSA) is 21.3 Å². The Bertz CT molecular complexity index is 415. The van der Waals surface area contributed by atoms with Gasteiger partial charge in [0, 0.05) is 18.7 Å². The molecule has 0 heterocycles. The summed E-state index contributed by atoms with van der Waals surface area (Å²) in [5, 5.41) is 3.10. The highest BCUT2D eigenvalue weighted by molar-refractivity contribution is 9.10. The lowest BCUT2D eigenvalue weighted by Gasteiger charge is -2.19. The number of hydrogen-bond acceptors (Lipinski definition) is 2. The maximum Gasteiger partial charge on any atom is 0.143 e. The lowest BCUT2D eigenvalue weighted by molar-refractivity contribution is 0.106. The van der Waals surface area contributed by atoms with Crippen molar-refractivity contribution >= 4 is 15.9 Å². The first kappa shape index (κ1) is 16.5. The molecule has 0 aliphatic rings. The lowest BCUT2D eigenvalue weighted by Crippen LogP contribution is -2.29. The maximum absolute atomic E-state index is 13.9. The summed E-state index contributed by atoms with van der Waals surface area (Å²) in [7, 11) is 3.46. The van der Waals surface area contributed by atoms with E-state index >= 15 is 0 Å². The quantitative estimate of drug-likeness (QED) is 0.767. The van der Waals surface area contributed by atoms with Gasteiger partial charge >= 0.3 is 0 Å². The van der Waals surface area contributed by atoms with Crippen LogP contribution in [-0.2, 0) is 11.2 Å². The van der Waals surface area contributed by atoms with Crippen LogP contribution in [0.5, 0.6) is 0 Å². The molecule has 0 radical (unpaired) electrons. The van der Waals surface area contributed by atoms with Crippen LogP contribution in [0.2, 0.25) is 0 Å². The Hall–Kier alpha value is -0.520. The molecule has 2 unspecified atom stereocenters. The van der Waals surface area contributed by atoms with Gasteiger partial charge in [0.1, 0.15) is 11.6 Å². The molecule has 1 N–H and O–H groups in total. The van der Waals surface area contributed by atoms with E-state index < -0.39 is 11.6 Å². The van der Waals surface area contributed by atoms with E-state index in [0.717, 1.165) is 12.8 Å². The van der Waals surface area contributed by atoms with Crippen molar-refractivity contribution in [1.82, 2.24) is 5.32 Å². The zero-order valence-electron chi connectivity index (χ0n) is 11.5. The van der Waals surface area contributed by atoms with Crippen molar-refractivity contribution in [3.05, 3.63) is 33.8 Å². The van der Waals surface area contributed by atoms with E-state index in [-0.39, 0.29) is 17.7 Å². The molecule has 1 aromatic rings. The summed E-state index contributed by atoms with van der Waals surface area (Å²) in [4.78, 5) is 0. The van der Waals surface area contributed by atoms with E-state index in [9.17, 15) is 8.78 Å². The van der Waals surface area contributed by atoms with Gasteiger partial charge in [-0.15, -0.1) is 0 Å². The van der Waals surface area contributed by atoms with Gasteiger partial charge in [0.2, 0.25) is 0 Å². The highest BCUT2D eigenvalue weighted by Crippen LogP contribution is 2.23. The zero-order chi connectivity index (χ0) is 14.4. The van der Waals surface area contributed by atoms with Gasteiger partial charge in [0.05, 0.1) is 10.6 Å². The monoisotopic (exact) mass is 335 g/mol. The van der Waals surface area contributed by atoms with Gasteiger partial charge in [0.25, 0.3) is 0 Å². The van der Waals surface area contributed by atoms with E-state index in [1.165, 1.54) is 12.1 Å². The smallest absolute Gasteiger partial charge is 0.143 e. The fourth-order valence-corrected chi connectivity index (χ4v) is 2.28. The van der Waals surface area contributed by atoms with Gasteiger partial charge in [-0.05, 0) is 61.3 Å². The van der Waals surface area contributed by atoms with Gasteiger partial charge < -0.3 is 10.1 Å². The summed E-state index contributed by atoms with van der Waals surface area (Å²) in [6.07, 6.45) is 2.12. The molecule has 2 nitrogen and oxygen atoms in total. The molecule has 0 aliphatic carbocycles. The minimum Gasteiger partial charge on any atom is -0.382 e. The zero-order valence-corrected chi connectivity index (χ0v) is 13.1.